The quantitative estimate of drug-likeness (QED) is 0.777. The van der Waals surface area contributed by atoms with Crippen LogP contribution in [0.25, 0.3) is 0 Å². The molecule has 24 heavy (non-hydrogen) atoms. The molecule has 0 saturated carbocycles. The van der Waals surface area contributed by atoms with Crippen LogP contribution in [-0.4, -0.2) is 67.1 Å². The molecule has 1 aromatic rings. The van der Waals surface area contributed by atoms with E-state index in [2.05, 4.69) is 40.7 Å². The summed E-state index contributed by atoms with van der Waals surface area (Å²) in [5, 5.41) is 0.823. The second-order valence-corrected chi connectivity index (χ2v) is 8.76. The summed E-state index contributed by atoms with van der Waals surface area (Å²) in [7, 11) is 0. The van der Waals surface area contributed by atoms with Gasteiger partial charge < -0.3 is 9.80 Å². The van der Waals surface area contributed by atoms with Gasteiger partial charge in [0, 0.05) is 50.8 Å². The summed E-state index contributed by atoms with van der Waals surface area (Å²) in [4.78, 5) is 7.87. The number of nitrogens with zero attached hydrogens (tertiary/aromatic N) is 3. The van der Waals surface area contributed by atoms with E-state index in [4.69, 9.17) is 11.6 Å². The molecule has 2 fully saturated rings. The lowest BCUT2D eigenvalue weighted by Crippen LogP contribution is -2.50. The number of piperazine rings is 1. The Balaban J connectivity index is 1.42. The van der Waals surface area contributed by atoms with Gasteiger partial charge in [0.05, 0.1) is 0 Å². The molecule has 2 aliphatic rings. The third kappa shape index (κ3) is 5.45. The lowest BCUT2D eigenvalue weighted by Gasteiger charge is -2.40. The fraction of sp³-hybridized carbons (Fsp3) is 0.700. The van der Waals surface area contributed by atoms with Gasteiger partial charge in [-0.15, -0.1) is 0 Å². The molecule has 0 N–H and O–H groups in total. The molecule has 2 aliphatic heterocycles. The molecule has 3 rings (SSSR count). The first-order chi connectivity index (χ1) is 11.5. The van der Waals surface area contributed by atoms with Crippen molar-refractivity contribution in [3.8, 4) is 0 Å². The Bertz CT molecular complexity index is 500. The van der Waals surface area contributed by atoms with E-state index < -0.39 is 0 Å². The summed E-state index contributed by atoms with van der Waals surface area (Å²) in [6.45, 7) is 15.7. The minimum Gasteiger partial charge on any atom is -0.303 e. The third-order valence-electron chi connectivity index (χ3n) is 5.29. The van der Waals surface area contributed by atoms with Crippen molar-refractivity contribution in [2.45, 2.75) is 33.2 Å². The van der Waals surface area contributed by atoms with Crippen molar-refractivity contribution in [2.75, 3.05) is 52.4 Å². The highest BCUT2D eigenvalue weighted by Gasteiger charge is 2.27. The predicted octanol–water partition coefficient (Wildman–Crippen LogP) is 3.58. The van der Waals surface area contributed by atoms with E-state index in [-0.39, 0.29) is 0 Å². The Hall–Kier alpha value is -0.610. The van der Waals surface area contributed by atoms with E-state index in [0.29, 0.717) is 5.41 Å². The highest BCUT2D eigenvalue weighted by Crippen LogP contribution is 2.22. The summed E-state index contributed by atoms with van der Waals surface area (Å²) in [6, 6.07) is 8.28. The number of benzene rings is 1. The molecule has 134 valence electrons. The average molecular weight is 350 g/mol. The highest BCUT2D eigenvalue weighted by molar-refractivity contribution is 6.30. The van der Waals surface area contributed by atoms with Gasteiger partial charge >= 0.3 is 0 Å². The lowest BCUT2D eigenvalue weighted by atomic mass is 9.91. The van der Waals surface area contributed by atoms with Crippen molar-refractivity contribution in [3.05, 3.63) is 34.9 Å². The smallest absolute Gasteiger partial charge is 0.0406 e. The predicted molar refractivity (Wildman–Crippen MR) is 103 cm³/mol. The summed E-state index contributed by atoms with van der Waals surface area (Å²) in [6.07, 6.45) is 2.78. The fourth-order valence-electron chi connectivity index (χ4n) is 4.15. The van der Waals surface area contributed by atoms with Gasteiger partial charge in [0.25, 0.3) is 0 Å². The number of hydrogen-bond donors (Lipinski definition) is 0. The van der Waals surface area contributed by atoms with Crippen LogP contribution in [0.15, 0.2) is 24.3 Å². The van der Waals surface area contributed by atoms with Gasteiger partial charge in [-0.25, -0.2) is 0 Å². The molecule has 0 radical (unpaired) electrons. The van der Waals surface area contributed by atoms with Crippen LogP contribution in [-0.2, 0) is 6.54 Å². The van der Waals surface area contributed by atoms with Crippen LogP contribution in [0.1, 0.15) is 32.3 Å². The zero-order valence-electron chi connectivity index (χ0n) is 15.3. The van der Waals surface area contributed by atoms with Gasteiger partial charge in [0.2, 0.25) is 0 Å². The Morgan fingerprint density at radius 2 is 1.29 bits per heavy atom. The molecular weight excluding hydrogens is 318 g/mol. The normalized spacial score (nSPS) is 21.5. The molecule has 2 heterocycles. The van der Waals surface area contributed by atoms with Gasteiger partial charge in [-0.1, -0.05) is 37.6 Å². The fourth-order valence-corrected chi connectivity index (χ4v) is 4.28. The van der Waals surface area contributed by atoms with Crippen LogP contribution in [0, 0.1) is 5.41 Å². The molecular formula is C20H32ClN3. The molecule has 0 spiro atoms. The molecule has 4 heteroatoms. The maximum Gasteiger partial charge on any atom is 0.0406 e. The summed E-state index contributed by atoms with van der Waals surface area (Å²) in [5.41, 5.74) is 1.75. The molecule has 0 bridgehead atoms. The van der Waals surface area contributed by atoms with E-state index in [1.165, 1.54) is 70.8 Å². The first-order valence-electron chi connectivity index (χ1n) is 9.42. The van der Waals surface area contributed by atoms with Crippen LogP contribution < -0.4 is 0 Å². The molecule has 0 atom stereocenters. The van der Waals surface area contributed by atoms with Gasteiger partial charge in [-0.05, 0) is 49.0 Å². The van der Waals surface area contributed by atoms with E-state index in [0.717, 1.165) is 11.6 Å². The maximum absolute atomic E-state index is 5.97. The van der Waals surface area contributed by atoms with Crippen LogP contribution in [0.3, 0.4) is 0 Å². The Morgan fingerprint density at radius 1 is 0.792 bits per heavy atom. The van der Waals surface area contributed by atoms with E-state index >= 15 is 0 Å². The zero-order chi connectivity index (χ0) is 17.0. The van der Waals surface area contributed by atoms with E-state index in [1.54, 1.807) is 0 Å². The number of halogens is 1. The second kappa shape index (κ2) is 8.18. The number of likely N-dealkylation sites (tertiary alicyclic amines) is 1. The van der Waals surface area contributed by atoms with Crippen LogP contribution >= 0.6 is 11.6 Å². The molecule has 3 nitrogen and oxygen atoms in total. The van der Waals surface area contributed by atoms with Gasteiger partial charge in [0.15, 0.2) is 0 Å². The first-order valence-corrected chi connectivity index (χ1v) is 9.80. The van der Waals surface area contributed by atoms with Gasteiger partial charge in [-0.2, -0.15) is 0 Å². The Morgan fingerprint density at radius 3 is 1.88 bits per heavy atom. The van der Waals surface area contributed by atoms with Crippen LogP contribution in [0.4, 0.5) is 0 Å². The Kier molecular flexibility index (Phi) is 6.20. The monoisotopic (exact) mass is 349 g/mol. The zero-order valence-corrected chi connectivity index (χ0v) is 16.1. The summed E-state index contributed by atoms with van der Waals surface area (Å²) >= 11 is 5.97. The third-order valence-corrected chi connectivity index (χ3v) is 5.54. The highest BCUT2D eigenvalue weighted by atomic mass is 35.5. The van der Waals surface area contributed by atoms with Crippen molar-refractivity contribution in [1.82, 2.24) is 14.7 Å². The minimum atomic E-state index is 0.392. The molecule has 0 amide bonds. The average Bonchev–Trinajstić information content (AvgIpc) is 3.03. The van der Waals surface area contributed by atoms with Crippen molar-refractivity contribution in [2.24, 2.45) is 5.41 Å². The SMILES string of the molecule is CC(C)(CN1CCCC1)CN1CCN(Cc2ccc(Cl)cc2)CC1. The molecule has 0 aromatic heterocycles. The second-order valence-electron chi connectivity index (χ2n) is 8.33. The maximum atomic E-state index is 5.97. The standard InChI is InChI=1S/C20H32ClN3/c1-20(2,16-23-9-3-4-10-23)17-24-13-11-22(12-14-24)15-18-5-7-19(21)8-6-18/h5-8H,3-4,9-17H2,1-2H3. The molecule has 1 aromatic carbocycles. The largest absolute Gasteiger partial charge is 0.303 e. The molecule has 0 unspecified atom stereocenters. The van der Waals surface area contributed by atoms with Gasteiger partial charge in [-0.3, -0.25) is 4.90 Å². The topological polar surface area (TPSA) is 9.72 Å². The number of hydrogen-bond acceptors (Lipinski definition) is 3. The van der Waals surface area contributed by atoms with Crippen molar-refractivity contribution >= 4 is 11.6 Å². The van der Waals surface area contributed by atoms with Gasteiger partial charge in [0.1, 0.15) is 0 Å². The van der Waals surface area contributed by atoms with Crippen LogP contribution in [0.5, 0.6) is 0 Å². The molecule has 2 saturated heterocycles. The summed E-state index contributed by atoms with van der Waals surface area (Å²) < 4.78 is 0. The number of rotatable bonds is 6. The molecule has 0 aliphatic carbocycles. The lowest BCUT2D eigenvalue weighted by molar-refractivity contribution is 0.0783. The minimum absolute atomic E-state index is 0.392. The first kappa shape index (κ1) is 18.2. The van der Waals surface area contributed by atoms with E-state index in [9.17, 15) is 0 Å². The van der Waals surface area contributed by atoms with E-state index in [1.807, 2.05) is 12.1 Å². The van der Waals surface area contributed by atoms with Crippen LogP contribution in [0.2, 0.25) is 5.02 Å². The van der Waals surface area contributed by atoms with Crippen molar-refractivity contribution in [1.29, 1.82) is 0 Å². The van der Waals surface area contributed by atoms with Crippen molar-refractivity contribution in [3.63, 3.8) is 0 Å². The Labute approximate surface area is 152 Å². The van der Waals surface area contributed by atoms with Crippen molar-refractivity contribution < 1.29 is 0 Å². The summed E-state index contributed by atoms with van der Waals surface area (Å²) in [5.74, 6) is 0.